The summed E-state index contributed by atoms with van der Waals surface area (Å²) in [6.45, 7) is 4.08. The average molecular weight is 387 g/mol. The zero-order chi connectivity index (χ0) is 18.6. The first-order valence-corrected chi connectivity index (χ1v) is 7.99. The number of amides is 1. The molecular weight excluding hydrogens is 365 g/mol. The molecule has 0 saturated carbocycles. The summed E-state index contributed by atoms with van der Waals surface area (Å²) in [6, 6.07) is 11.4. The standard InChI is InChI=1S/C19H21F3N2O.ClH/c1-12(2)17(15-4-3-5-16(10-15)19(20,21)22)24-18(25)14-8-6-13(11-23)7-9-14;/h3-10,12,17H,11,23H2,1-2H3,(H,24,25);1H. The SMILES string of the molecule is CC(C)C(NC(=O)c1ccc(CN)cc1)c1cccc(C(F)(F)F)c1.Cl. The molecule has 0 aromatic heterocycles. The quantitative estimate of drug-likeness (QED) is 0.781. The number of carbonyl (C=O) groups is 1. The third-order valence-electron chi connectivity index (χ3n) is 3.98. The van der Waals surface area contributed by atoms with Crippen molar-refractivity contribution in [2.45, 2.75) is 32.6 Å². The van der Waals surface area contributed by atoms with Gasteiger partial charge < -0.3 is 11.1 Å². The zero-order valence-electron chi connectivity index (χ0n) is 14.5. The van der Waals surface area contributed by atoms with Crippen LogP contribution in [0.5, 0.6) is 0 Å². The van der Waals surface area contributed by atoms with Gasteiger partial charge in [0, 0.05) is 12.1 Å². The smallest absolute Gasteiger partial charge is 0.345 e. The Labute approximate surface area is 157 Å². The molecule has 0 bridgehead atoms. The third kappa shape index (κ3) is 5.47. The topological polar surface area (TPSA) is 55.1 Å². The van der Waals surface area contributed by atoms with Crippen LogP contribution in [0, 0.1) is 5.92 Å². The van der Waals surface area contributed by atoms with E-state index >= 15 is 0 Å². The van der Waals surface area contributed by atoms with Crippen molar-refractivity contribution in [1.29, 1.82) is 0 Å². The molecule has 0 radical (unpaired) electrons. The van der Waals surface area contributed by atoms with Crippen molar-refractivity contribution in [3.63, 3.8) is 0 Å². The first-order valence-electron chi connectivity index (χ1n) is 7.99. The molecule has 3 N–H and O–H groups in total. The molecule has 2 rings (SSSR count). The minimum absolute atomic E-state index is 0. The minimum atomic E-state index is -4.42. The minimum Gasteiger partial charge on any atom is -0.345 e. The lowest BCUT2D eigenvalue weighted by Gasteiger charge is -2.24. The van der Waals surface area contributed by atoms with Crippen molar-refractivity contribution in [2.24, 2.45) is 11.7 Å². The molecule has 0 aliphatic rings. The largest absolute Gasteiger partial charge is 0.416 e. The second kappa shape index (κ2) is 9.05. The van der Waals surface area contributed by atoms with Crippen LogP contribution in [0.4, 0.5) is 13.2 Å². The Hall–Kier alpha value is -2.05. The summed E-state index contributed by atoms with van der Waals surface area (Å²) in [6.07, 6.45) is -4.42. The molecule has 142 valence electrons. The Morgan fingerprint density at radius 2 is 1.73 bits per heavy atom. The molecule has 0 aliphatic carbocycles. The van der Waals surface area contributed by atoms with E-state index in [1.165, 1.54) is 6.07 Å². The normalized spacial score (nSPS) is 12.4. The number of nitrogens with two attached hydrogens (primary N) is 1. The number of carbonyl (C=O) groups excluding carboxylic acids is 1. The first-order chi connectivity index (χ1) is 11.7. The molecule has 0 aliphatic heterocycles. The van der Waals surface area contributed by atoms with Crippen LogP contribution in [0.15, 0.2) is 48.5 Å². The number of alkyl halides is 3. The monoisotopic (exact) mass is 386 g/mol. The summed E-state index contributed by atoms with van der Waals surface area (Å²) >= 11 is 0. The second-order valence-electron chi connectivity index (χ2n) is 6.22. The van der Waals surface area contributed by atoms with Crippen LogP contribution in [0.25, 0.3) is 0 Å². The van der Waals surface area contributed by atoms with E-state index in [1.54, 1.807) is 30.3 Å². The molecule has 2 aromatic rings. The lowest BCUT2D eigenvalue weighted by molar-refractivity contribution is -0.137. The highest BCUT2D eigenvalue weighted by Crippen LogP contribution is 2.32. The molecule has 0 spiro atoms. The van der Waals surface area contributed by atoms with Crippen LogP contribution >= 0.6 is 12.4 Å². The maximum Gasteiger partial charge on any atom is 0.416 e. The van der Waals surface area contributed by atoms with Gasteiger partial charge in [-0.05, 0) is 41.3 Å². The van der Waals surface area contributed by atoms with Crippen LogP contribution in [0.2, 0.25) is 0 Å². The number of benzene rings is 2. The highest BCUT2D eigenvalue weighted by Gasteiger charge is 2.31. The molecule has 0 fully saturated rings. The summed E-state index contributed by atoms with van der Waals surface area (Å²) < 4.78 is 38.8. The molecule has 1 atom stereocenters. The molecular formula is C19H22ClF3N2O. The highest BCUT2D eigenvalue weighted by atomic mass is 35.5. The number of hydrogen-bond acceptors (Lipinski definition) is 2. The van der Waals surface area contributed by atoms with E-state index in [-0.39, 0.29) is 24.2 Å². The molecule has 0 heterocycles. The number of rotatable bonds is 5. The molecule has 1 unspecified atom stereocenters. The van der Waals surface area contributed by atoms with E-state index in [2.05, 4.69) is 5.32 Å². The molecule has 2 aromatic carbocycles. The summed E-state index contributed by atoms with van der Waals surface area (Å²) in [4.78, 5) is 12.4. The van der Waals surface area contributed by atoms with Gasteiger partial charge in [0.15, 0.2) is 0 Å². The highest BCUT2D eigenvalue weighted by molar-refractivity contribution is 5.94. The number of hydrogen-bond donors (Lipinski definition) is 2. The Morgan fingerprint density at radius 3 is 2.23 bits per heavy atom. The molecule has 7 heteroatoms. The lowest BCUT2D eigenvalue weighted by atomic mass is 9.94. The van der Waals surface area contributed by atoms with Gasteiger partial charge in [-0.15, -0.1) is 12.4 Å². The summed E-state index contributed by atoms with van der Waals surface area (Å²) in [5, 5.41) is 2.83. The fourth-order valence-electron chi connectivity index (χ4n) is 2.56. The molecule has 26 heavy (non-hydrogen) atoms. The van der Waals surface area contributed by atoms with Gasteiger partial charge in [-0.1, -0.05) is 38.1 Å². The fraction of sp³-hybridized carbons (Fsp3) is 0.316. The van der Waals surface area contributed by atoms with Crippen molar-refractivity contribution in [1.82, 2.24) is 5.32 Å². The van der Waals surface area contributed by atoms with E-state index < -0.39 is 17.8 Å². The number of halogens is 4. The van der Waals surface area contributed by atoms with Crippen LogP contribution in [0.3, 0.4) is 0 Å². The van der Waals surface area contributed by atoms with Crippen molar-refractivity contribution in [3.8, 4) is 0 Å². The van der Waals surface area contributed by atoms with E-state index in [0.29, 0.717) is 17.7 Å². The Bertz CT molecular complexity index is 730. The van der Waals surface area contributed by atoms with Gasteiger partial charge in [0.1, 0.15) is 0 Å². The lowest BCUT2D eigenvalue weighted by Crippen LogP contribution is -2.32. The van der Waals surface area contributed by atoms with Crippen LogP contribution in [-0.4, -0.2) is 5.91 Å². The predicted molar refractivity (Wildman–Crippen MR) is 98.1 cm³/mol. The molecule has 0 saturated heterocycles. The predicted octanol–water partition coefficient (Wildman–Crippen LogP) is 4.71. The van der Waals surface area contributed by atoms with Gasteiger partial charge in [-0.3, -0.25) is 4.79 Å². The van der Waals surface area contributed by atoms with E-state index in [9.17, 15) is 18.0 Å². The fourth-order valence-corrected chi connectivity index (χ4v) is 2.56. The molecule has 3 nitrogen and oxygen atoms in total. The van der Waals surface area contributed by atoms with Gasteiger partial charge in [-0.2, -0.15) is 13.2 Å². The van der Waals surface area contributed by atoms with Gasteiger partial charge in [0.25, 0.3) is 5.91 Å². The Morgan fingerprint density at radius 1 is 1.12 bits per heavy atom. The van der Waals surface area contributed by atoms with Crippen LogP contribution in [0.1, 0.15) is 46.9 Å². The van der Waals surface area contributed by atoms with Crippen molar-refractivity contribution >= 4 is 18.3 Å². The van der Waals surface area contributed by atoms with Crippen LogP contribution in [-0.2, 0) is 12.7 Å². The maximum atomic E-state index is 12.9. The van der Waals surface area contributed by atoms with E-state index in [0.717, 1.165) is 17.7 Å². The van der Waals surface area contributed by atoms with E-state index in [1.807, 2.05) is 13.8 Å². The molecule has 1 amide bonds. The third-order valence-corrected chi connectivity index (χ3v) is 3.98. The van der Waals surface area contributed by atoms with Crippen molar-refractivity contribution in [2.75, 3.05) is 0 Å². The summed E-state index contributed by atoms with van der Waals surface area (Å²) in [5.74, 6) is -0.407. The second-order valence-corrected chi connectivity index (χ2v) is 6.22. The average Bonchev–Trinajstić information content (AvgIpc) is 2.58. The Balaban J connectivity index is 0.00000338. The first kappa shape index (κ1) is 22.0. The van der Waals surface area contributed by atoms with Gasteiger partial charge in [0.2, 0.25) is 0 Å². The van der Waals surface area contributed by atoms with Gasteiger partial charge in [-0.25, -0.2) is 0 Å². The van der Waals surface area contributed by atoms with Crippen LogP contribution < -0.4 is 11.1 Å². The maximum absolute atomic E-state index is 12.9. The van der Waals surface area contributed by atoms with Gasteiger partial charge >= 0.3 is 6.18 Å². The zero-order valence-corrected chi connectivity index (χ0v) is 15.3. The van der Waals surface area contributed by atoms with E-state index in [4.69, 9.17) is 5.73 Å². The van der Waals surface area contributed by atoms with Crippen molar-refractivity contribution in [3.05, 3.63) is 70.8 Å². The summed E-state index contributed by atoms with van der Waals surface area (Å²) in [7, 11) is 0. The summed E-state index contributed by atoms with van der Waals surface area (Å²) in [5.41, 5.74) is 6.57. The Kier molecular flexibility index (Phi) is 7.66. The van der Waals surface area contributed by atoms with Gasteiger partial charge in [0.05, 0.1) is 11.6 Å². The van der Waals surface area contributed by atoms with Crippen molar-refractivity contribution < 1.29 is 18.0 Å². The number of nitrogens with one attached hydrogen (secondary N) is 1.